The lowest BCUT2D eigenvalue weighted by molar-refractivity contribution is 0.0521. The van der Waals surface area contributed by atoms with Crippen LogP contribution in [0.3, 0.4) is 0 Å². The molecular formula is C13H19NO5S. The molecule has 0 aliphatic carbocycles. The van der Waals surface area contributed by atoms with Crippen molar-refractivity contribution in [3.8, 4) is 5.75 Å². The summed E-state index contributed by atoms with van der Waals surface area (Å²) in [6.07, 6.45) is 0. The molecule has 0 saturated carbocycles. The van der Waals surface area contributed by atoms with Gasteiger partial charge in [0.15, 0.2) is 0 Å². The van der Waals surface area contributed by atoms with Crippen LogP contribution in [0.25, 0.3) is 0 Å². The molecule has 0 radical (unpaired) electrons. The minimum Gasteiger partial charge on any atom is -0.492 e. The van der Waals surface area contributed by atoms with Crippen molar-refractivity contribution >= 4 is 16.0 Å². The number of rotatable bonds is 7. The summed E-state index contributed by atoms with van der Waals surface area (Å²) in [7, 11) is -3.53. The quantitative estimate of drug-likeness (QED) is 0.763. The van der Waals surface area contributed by atoms with Crippen LogP contribution in [0.5, 0.6) is 5.75 Å². The van der Waals surface area contributed by atoms with Crippen LogP contribution in [0.2, 0.25) is 0 Å². The van der Waals surface area contributed by atoms with Crippen molar-refractivity contribution in [3.05, 3.63) is 29.8 Å². The molecule has 1 aromatic carbocycles. The molecule has 1 atom stereocenters. The van der Waals surface area contributed by atoms with Gasteiger partial charge in [-0.3, -0.25) is 0 Å². The van der Waals surface area contributed by atoms with E-state index in [1.807, 2.05) is 0 Å². The molecule has 0 fully saturated rings. The zero-order valence-electron chi connectivity index (χ0n) is 11.5. The number of hydrogen-bond donors (Lipinski definition) is 1. The summed E-state index contributed by atoms with van der Waals surface area (Å²) in [6.45, 7) is 3.84. The van der Waals surface area contributed by atoms with Gasteiger partial charge in [-0.15, -0.1) is 0 Å². The Morgan fingerprint density at radius 1 is 1.35 bits per heavy atom. The highest BCUT2D eigenvalue weighted by Crippen LogP contribution is 2.19. The molecule has 2 N–H and O–H groups in total. The molecule has 0 saturated heterocycles. The first-order valence-electron chi connectivity index (χ1n) is 6.23. The van der Waals surface area contributed by atoms with Crippen LogP contribution in [-0.4, -0.2) is 33.4 Å². The Labute approximate surface area is 118 Å². The fourth-order valence-electron chi connectivity index (χ4n) is 1.65. The molecule has 0 amide bonds. The normalized spacial score (nSPS) is 12.8. The molecule has 0 aliphatic heterocycles. The second-order valence-corrected chi connectivity index (χ2v) is 6.12. The van der Waals surface area contributed by atoms with Crippen LogP contribution in [0, 0.1) is 5.92 Å². The molecule has 1 unspecified atom stereocenters. The lowest BCUT2D eigenvalue weighted by atomic mass is 10.2. The Bertz CT molecular complexity index is 556. The van der Waals surface area contributed by atoms with Gasteiger partial charge in [0, 0.05) is 5.92 Å². The minimum atomic E-state index is -3.53. The number of sulfonamides is 1. The lowest BCUT2D eigenvalue weighted by Crippen LogP contribution is -2.25. The fourth-order valence-corrected chi connectivity index (χ4v) is 2.54. The van der Waals surface area contributed by atoms with Crippen LogP contribution in [-0.2, 0) is 14.8 Å². The van der Waals surface area contributed by atoms with Gasteiger partial charge in [-0.05, 0) is 19.1 Å². The van der Waals surface area contributed by atoms with Crippen LogP contribution in [0.1, 0.15) is 24.2 Å². The van der Waals surface area contributed by atoms with Crippen molar-refractivity contribution < 1.29 is 22.7 Å². The van der Waals surface area contributed by atoms with Crippen LogP contribution in [0.15, 0.2) is 24.3 Å². The Morgan fingerprint density at radius 3 is 2.60 bits per heavy atom. The van der Waals surface area contributed by atoms with E-state index in [1.165, 1.54) is 0 Å². The summed E-state index contributed by atoms with van der Waals surface area (Å²) in [5.41, 5.74) is 0.317. The van der Waals surface area contributed by atoms with Gasteiger partial charge in [0.2, 0.25) is 10.0 Å². The number of benzene rings is 1. The summed E-state index contributed by atoms with van der Waals surface area (Å²) in [6, 6.07) is 6.66. The topological polar surface area (TPSA) is 95.7 Å². The highest BCUT2D eigenvalue weighted by atomic mass is 32.2. The molecule has 112 valence electrons. The van der Waals surface area contributed by atoms with Gasteiger partial charge in [0.25, 0.3) is 0 Å². The summed E-state index contributed by atoms with van der Waals surface area (Å²) >= 11 is 0. The van der Waals surface area contributed by atoms with Gasteiger partial charge in [-0.25, -0.2) is 18.4 Å². The molecule has 0 heterocycles. The largest absolute Gasteiger partial charge is 0.492 e. The molecule has 0 aromatic heterocycles. The van der Waals surface area contributed by atoms with Gasteiger partial charge in [-0.1, -0.05) is 19.1 Å². The van der Waals surface area contributed by atoms with Crippen LogP contribution < -0.4 is 9.88 Å². The average Bonchev–Trinajstić information content (AvgIpc) is 2.35. The summed E-state index contributed by atoms with van der Waals surface area (Å²) in [4.78, 5) is 11.7. The highest BCUT2D eigenvalue weighted by Gasteiger charge is 2.16. The van der Waals surface area contributed by atoms with E-state index in [4.69, 9.17) is 14.6 Å². The van der Waals surface area contributed by atoms with Crippen molar-refractivity contribution in [3.63, 3.8) is 0 Å². The molecule has 7 heteroatoms. The Kier molecular flexibility index (Phi) is 5.97. The summed E-state index contributed by atoms with van der Waals surface area (Å²) in [5.74, 6) is -0.552. The summed E-state index contributed by atoms with van der Waals surface area (Å²) < 4.78 is 32.3. The van der Waals surface area contributed by atoms with Gasteiger partial charge >= 0.3 is 5.97 Å². The number of nitrogens with two attached hydrogens (primary N) is 1. The minimum absolute atomic E-state index is 0.146. The maximum Gasteiger partial charge on any atom is 0.341 e. The van der Waals surface area contributed by atoms with Crippen molar-refractivity contribution in [1.82, 2.24) is 0 Å². The van der Waals surface area contributed by atoms with Crippen molar-refractivity contribution in [2.24, 2.45) is 11.1 Å². The van der Waals surface area contributed by atoms with Gasteiger partial charge in [0.05, 0.1) is 19.0 Å². The van der Waals surface area contributed by atoms with Gasteiger partial charge in [0.1, 0.15) is 11.3 Å². The van der Waals surface area contributed by atoms with Crippen LogP contribution in [0.4, 0.5) is 0 Å². The third kappa shape index (κ3) is 5.58. The van der Waals surface area contributed by atoms with Crippen molar-refractivity contribution in [1.29, 1.82) is 0 Å². The molecule has 0 bridgehead atoms. The van der Waals surface area contributed by atoms with E-state index in [9.17, 15) is 13.2 Å². The molecule has 0 spiro atoms. The molecule has 1 aromatic rings. The first-order valence-corrected chi connectivity index (χ1v) is 7.94. The van der Waals surface area contributed by atoms with E-state index in [-0.39, 0.29) is 24.9 Å². The predicted octanol–water partition coefficient (Wildman–Crippen LogP) is 1.17. The zero-order valence-corrected chi connectivity index (χ0v) is 12.4. The molecule has 6 nitrogen and oxygen atoms in total. The van der Waals surface area contributed by atoms with Crippen molar-refractivity contribution in [2.75, 3.05) is 19.0 Å². The number of carbonyl (C=O) groups is 1. The Morgan fingerprint density at radius 2 is 2.00 bits per heavy atom. The van der Waals surface area contributed by atoms with Crippen molar-refractivity contribution in [2.45, 2.75) is 13.8 Å². The number of esters is 1. The smallest absolute Gasteiger partial charge is 0.341 e. The number of para-hydroxylation sites is 1. The molecular weight excluding hydrogens is 282 g/mol. The first kappa shape index (κ1) is 16.5. The molecule has 0 aliphatic rings. The monoisotopic (exact) mass is 301 g/mol. The average molecular weight is 301 g/mol. The highest BCUT2D eigenvalue weighted by molar-refractivity contribution is 7.89. The van der Waals surface area contributed by atoms with Gasteiger partial charge in [-0.2, -0.15) is 0 Å². The molecule has 1 rings (SSSR count). The van der Waals surface area contributed by atoms with E-state index in [0.29, 0.717) is 11.3 Å². The third-order valence-corrected chi connectivity index (χ3v) is 3.46. The maximum atomic E-state index is 11.7. The summed E-state index contributed by atoms with van der Waals surface area (Å²) in [5, 5.41) is 4.97. The SMILES string of the molecule is CCOC(=O)c1ccccc1OCC(C)CS(N)(=O)=O. The van der Waals surface area contributed by atoms with Crippen LogP contribution >= 0.6 is 0 Å². The standard InChI is InChI=1S/C13H19NO5S/c1-3-18-13(15)11-6-4-5-7-12(11)19-8-10(2)9-20(14,16)17/h4-7,10H,3,8-9H2,1-2H3,(H2,14,16,17). The zero-order chi connectivity index (χ0) is 15.2. The number of carbonyl (C=O) groups excluding carboxylic acids is 1. The number of primary sulfonamides is 1. The Hall–Kier alpha value is -1.60. The second kappa shape index (κ2) is 7.25. The van der Waals surface area contributed by atoms with E-state index in [1.54, 1.807) is 38.1 Å². The van der Waals surface area contributed by atoms with E-state index in [2.05, 4.69) is 0 Å². The second-order valence-electron chi connectivity index (χ2n) is 4.46. The number of hydrogen-bond acceptors (Lipinski definition) is 5. The lowest BCUT2D eigenvalue weighted by Gasteiger charge is -2.14. The van der Waals surface area contributed by atoms with E-state index >= 15 is 0 Å². The Balaban J connectivity index is 2.71. The van der Waals surface area contributed by atoms with Gasteiger partial charge < -0.3 is 9.47 Å². The van der Waals surface area contributed by atoms with E-state index in [0.717, 1.165) is 0 Å². The third-order valence-electron chi connectivity index (χ3n) is 2.42. The first-order chi connectivity index (χ1) is 9.33. The fraction of sp³-hybridized carbons (Fsp3) is 0.462. The maximum absolute atomic E-state index is 11.7. The molecule has 20 heavy (non-hydrogen) atoms. The van der Waals surface area contributed by atoms with E-state index < -0.39 is 16.0 Å². The predicted molar refractivity (Wildman–Crippen MR) is 75.0 cm³/mol. The number of ether oxygens (including phenoxy) is 2.